The van der Waals surface area contributed by atoms with E-state index in [0.29, 0.717) is 23.5 Å². The second kappa shape index (κ2) is 9.72. The van der Waals surface area contributed by atoms with Crippen molar-refractivity contribution in [1.82, 2.24) is 5.32 Å². The summed E-state index contributed by atoms with van der Waals surface area (Å²) in [4.78, 5) is 13.8. The number of anilines is 1. The van der Waals surface area contributed by atoms with Crippen LogP contribution in [0.5, 0.6) is 0 Å². The molecule has 1 fully saturated rings. The molecule has 34 heavy (non-hydrogen) atoms. The number of nitrogens with one attached hydrogen (secondary N) is 2. The van der Waals surface area contributed by atoms with E-state index in [2.05, 4.69) is 10.6 Å². The Kier molecular flexibility index (Phi) is 7.08. The van der Waals surface area contributed by atoms with Crippen molar-refractivity contribution in [3.63, 3.8) is 0 Å². The number of ether oxygens (including phenoxy) is 1. The highest BCUT2D eigenvalue weighted by atomic mass is 32.2. The Bertz CT molecular complexity index is 1050. The first kappa shape index (κ1) is 24.8. The highest BCUT2D eigenvalue weighted by molar-refractivity contribution is 7.99. The Balaban J connectivity index is 1.47. The van der Waals surface area contributed by atoms with E-state index in [9.17, 15) is 18.0 Å². The first-order valence-electron chi connectivity index (χ1n) is 11.7. The van der Waals surface area contributed by atoms with Gasteiger partial charge in [-0.15, -0.1) is 0 Å². The predicted molar refractivity (Wildman–Crippen MR) is 128 cm³/mol. The number of hydrogen-bond acceptors (Lipinski definition) is 4. The van der Waals surface area contributed by atoms with Crippen molar-refractivity contribution in [2.75, 3.05) is 11.9 Å². The molecule has 184 valence electrons. The quantitative estimate of drug-likeness (QED) is 0.403. The van der Waals surface area contributed by atoms with E-state index in [1.807, 2.05) is 45.0 Å². The summed E-state index contributed by atoms with van der Waals surface area (Å²) in [5.41, 5.74) is 1.40. The summed E-state index contributed by atoms with van der Waals surface area (Å²) in [6.45, 7) is 6.04. The van der Waals surface area contributed by atoms with Gasteiger partial charge in [0.1, 0.15) is 5.60 Å². The van der Waals surface area contributed by atoms with Gasteiger partial charge in [-0.2, -0.15) is 13.2 Å². The fraction of sp³-hybridized carbons (Fsp3) is 0.500. The standard InChI is InChI=1S/C26H31F3N2O2S/c1-25(2,3)33-24(32)31-19-9-6-7-16(11-19)15-30-21-13-18(26(27,28)29)14-23-20(21)12-17-8-4-5-10-22(17)34-23/h4-5,8,10,13-14,16,19,30H,6-7,9,11-12,15H2,1-3H3,(H,31,32). The van der Waals surface area contributed by atoms with Crippen LogP contribution in [-0.2, 0) is 17.3 Å². The van der Waals surface area contributed by atoms with Crippen LogP contribution < -0.4 is 10.6 Å². The number of halogens is 3. The molecule has 0 saturated heterocycles. The van der Waals surface area contributed by atoms with E-state index in [-0.39, 0.29) is 12.0 Å². The zero-order valence-corrected chi connectivity index (χ0v) is 20.5. The topological polar surface area (TPSA) is 50.4 Å². The molecule has 8 heteroatoms. The van der Waals surface area contributed by atoms with Crippen molar-refractivity contribution in [2.24, 2.45) is 5.92 Å². The van der Waals surface area contributed by atoms with E-state index in [1.165, 1.54) is 23.9 Å². The van der Waals surface area contributed by atoms with Crippen LogP contribution in [0.2, 0.25) is 0 Å². The minimum atomic E-state index is -4.41. The number of fused-ring (bicyclic) bond motifs is 2. The fourth-order valence-corrected chi connectivity index (χ4v) is 5.78. The number of carbonyl (C=O) groups is 1. The number of amides is 1. The molecule has 4 rings (SSSR count). The molecule has 4 nitrogen and oxygen atoms in total. The molecule has 2 aromatic rings. The SMILES string of the molecule is CC(C)(C)OC(=O)NC1CCCC(CNc2cc(C(F)(F)F)cc3c2Cc2ccccc2S3)C1. The largest absolute Gasteiger partial charge is 0.444 e. The second-order valence-corrected chi connectivity index (χ2v) is 11.2. The van der Waals surface area contributed by atoms with E-state index in [1.54, 1.807) is 0 Å². The summed E-state index contributed by atoms with van der Waals surface area (Å²) in [5, 5.41) is 6.29. The smallest absolute Gasteiger partial charge is 0.416 e. The summed E-state index contributed by atoms with van der Waals surface area (Å²) in [7, 11) is 0. The van der Waals surface area contributed by atoms with Gasteiger partial charge >= 0.3 is 12.3 Å². The molecule has 0 aromatic heterocycles. The van der Waals surface area contributed by atoms with Gasteiger partial charge in [-0.05, 0) is 75.3 Å². The van der Waals surface area contributed by atoms with Crippen LogP contribution in [0.4, 0.5) is 23.7 Å². The van der Waals surface area contributed by atoms with Crippen LogP contribution in [0.25, 0.3) is 0 Å². The number of benzene rings is 2. The summed E-state index contributed by atoms with van der Waals surface area (Å²) in [6.07, 6.45) is -0.654. The van der Waals surface area contributed by atoms with Gasteiger partial charge in [0, 0.05) is 34.5 Å². The van der Waals surface area contributed by atoms with Crippen molar-refractivity contribution in [3.8, 4) is 0 Å². The van der Waals surface area contributed by atoms with E-state index in [4.69, 9.17) is 4.74 Å². The lowest BCUT2D eigenvalue weighted by atomic mass is 9.85. The first-order valence-corrected chi connectivity index (χ1v) is 12.5. The zero-order chi connectivity index (χ0) is 24.5. The molecular formula is C26H31F3N2O2S. The summed E-state index contributed by atoms with van der Waals surface area (Å²) in [6, 6.07) is 10.4. The van der Waals surface area contributed by atoms with Gasteiger partial charge < -0.3 is 15.4 Å². The molecule has 1 amide bonds. The van der Waals surface area contributed by atoms with Gasteiger partial charge in [-0.25, -0.2) is 4.79 Å². The summed E-state index contributed by atoms with van der Waals surface area (Å²) in [5.74, 6) is 0.252. The molecule has 2 N–H and O–H groups in total. The van der Waals surface area contributed by atoms with Crippen LogP contribution in [0.1, 0.15) is 63.1 Å². The maximum absolute atomic E-state index is 13.6. The molecule has 0 bridgehead atoms. The van der Waals surface area contributed by atoms with Crippen LogP contribution >= 0.6 is 11.8 Å². The highest BCUT2D eigenvalue weighted by Crippen LogP contribution is 2.45. The average molecular weight is 493 g/mol. The van der Waals surface area contributed by atoms with E-state index < -0.39 is 23.4 Å². The van der Waals surface area contributed by atoms with Crippen LogP contribution in [0, 0.1) is 5.92 Å². The first-order chi connectivity index (χ1) is 16.0. The molecular weight excluding hydrogens is 461 g/mol. The number of rotatable bonds is 4. The molecule has 1 aliphatic carbocycles. The van der Waals surface area contributed by atoms with Crippen molar-refractivity contribution >= 4 is 23.5 Å². The normalized spacial score (nSPS) is 20.2. The zero-order valence-electron chi connectivity index (χ0n) is 19.7. The molecule has 1 saturated carbocycles. The van der Waals surface area contributed by atoms with Crippen molar-refractivity contribution < 1.29 is 22.7 Å². The number of hydrogen-bond donors (Lipinski definition) is 2. The Labute approximate surface area is 203 Å². The molecule has 2 unspecified atom stereocenters. The van der Waals surface area contributed by atoms with Gasteiger partial charge in [0.2, 0.25) is 0 Å². The average Bonchev–Trinajstić information content (AvgIpc) is 2.74. The molecule has 1 heterocycles. The van der Waals surface area contributed by atoms with E-state index in [0.717, 1.165) is 41.7 Å². The van der Waals surface area contributed by atoms with Crippen molar-refractivity contribution in [3.05, 3.63) is 53.1 Å². The molecule has 1 aliphatic heterocycles. The highest BCUT2D eigenvalue weighted by Gasteiger charge is 2.33. The molecule has 0 spiro atoms. The molecule has 0 radical (unpaired) electrons. The van der Waals surface area contributed by atoms with E-state index >= 15 is 0 Å². The van der Waals surface area contributed by atoms with Crippen LogP contribution in [0.15, 0.2) is 46.2 Å². The molecule has 2 aromatic carbocycles. The Morgan fingerprint density at radius 3 is 2.62 bits per heavy atom. The fourth-order valence-electron chi connectivity index (χ4n) is 4.63. The van der Waals surface area contributed by atoms with Gasteiger partial charge in [-0.1, -0.05) is 36.4 Å². The van der Waals surface area contributed by atoms with Crippen LogP contribution in [0.3, 0.4) is 0 Å². The van der Waals surface area contributed by atoms with Crippen LogP contribution in [-0.4, -0.2) is 24.3 Å². The lowest BCUT2D eigenvalue weighted by molar-refractivity contribution is -0.137. The lowest BCUT2D eigenvalue weighted by Crippen LogP contribution is -2.42. The third-order valence-electron chi connectivity index (χ3n) is 6.18. The minimum absolute atomic E-state index is 0.00765. The third-order valence-corrected chi connectivity index (χ3v) is 7.38. The van der Waals surface area contributed by atoms with Gasteiger partial charge in [0.15, 0.2) is 0 Å². The third kappa shape index (κ3) is 6.20. The Morgan fingerprint density at radius 1 is 1.12 bits per heavy atom. The monoisotopic (exact) mass is 492 g/mol. The number of carbonyl (C=O) groups excluding carboxylic acids is 1. The van der Waals surface area contributed by atoms with Gasteiger partial charge in [-0.3, -0.25) is 0 Å². The summed E-state index contributed by atoms with van der Waals surface area (Å²) >= 11 is 1.40. The van der Waals surface area contributed by atoms with Gasteiger partial charge in [0.05, 0.1) is 5.56 Å². The van der Waals surface area contributed by atoms with Crippen molar-refractivity contribution in [2.45, 2.75) is 80.5 Å². The second-order valence-electron chi connectivity index (χ2n) is 10.1. The molecule has 2 aliphatic rings. The Morgan fingerprint density at radius 2 is 1.88 bits per heavy atom. The maximum atomic E-state index is 13.6. The predicted octanol–water partition coefficient (Wildman–Crippen LogP) is 7.26. The Hall–Kier alpha value is -2.35. The van der Waals surface area contributed by atoms with Crippen molar-refractivity contribution in [1.29, 1.82) is 0 Å². The number of alkyl carbamates (subject to hydrolysis) is 1. The molecule has 2 atom stereocenters. The lowest BCUT2D eigenvalue weighted by Gasteiger charge is -2.31. The minimum Gasteiger partial charge on any atom is -0.444 e. The number of alkyl halides is 3. The summed E-state index contributed by atoms with van der Waals surface area (Å²) < 4.78 is 46.3. The van der Waals surface area contributed by atoms with Gasteiger partial charge in [0.25, 0.3) is 0 Å². The maximum Gasteiger partial charge on any atom is 0.416 e.